The molecular formula is C11H12ClN3S. The molecule has 0 radical (unpaired) electrons. The molecule has 0 atom stereocenters. The predicted octanol–water partition coefficient (Wildman–Crippen LogP) is 2.95. The second kappa shape index (κ2) is 4.80. The lowest BCUT2D eigenvalue weighted by Gasteiger charge is -2.05. The third-order valence-corrected chi connectivity index (χ3v) is 3.57. The molecule has 0 fully saturated rings. The van der Waals surface area contributed by atoms with E-state index in [0.29, 0.717) is 10.7 Å². The number of halogens is 1. The molecule has 16 heavy (non-hydrogen) atoms. The molecular weight excluding hydrogens is 242 g/mol. The molecule has 0 aliphatic heterocycles. The van der Waals surface area contributed by atoms with Gasteiger partial charge in [0.05, 0.1) is 5.75 Å². The van der Waals surface area contributed by atoms with E-state index in [2.05, 4.69) is 4.98 Å². The van der Waals surface area contributed by atoms with Crippen molar-refractivity contribution < 1.29 is 0 Å². The van der Waals surface area contributed by atoms with Crippen LogP contribution >= 0.6 is 23.4 Å². The number of nitrogens with two attached hydrogens (primary N) is 1. The second-order valence-electron chi connectivity index (χ2n) is 3.43. The van der Waals surface area contributed by atoms with Crippen LogP contribution in [0, 0.1) is 0 Å². The minimum absolute atomic E-state index is 0.666. The zero-order chi connectivity index (χ0) is 11.5. The summed E-state index contributed by atoms with van der Waals surface area (Å²) in [6.45, 7) is 0. The number of hydrogen-bond donors (Lipinski definition) is 1. The van der Waals surface area contributed by atoms with Crippen LogP contribution in [0.2, 0.25) is 5.02 Å². The molecule has 0 saturated heterocycles. The van der Waals surface area contributed by atoms with Crippen LogP contribution < -0.4 is 5.73 Å². The van der Waals surface area contributed by atoms with Gasteiger partial charge in [-0.25, -0.2) is 4.98 Å². The Balaban J connectivity index is 2.08. The van der Waals surface area contributed by atoms with Crippen LogP contribution in [-0.2, 0) is 12.8 Å². The molecule has 1 aromatic carbocycles. The molecule has 0 saturated carbocycles. The lowest BCUT2D eigenvalue weighted by molar-refractivity contribution is 0.849. The van der Waals surface area contributed by atoms with E-state index in [1.165, 1.54) is 0 Å². The maximum absolute atomic E-state index is 5.87. The van der Waals surface area contributed by atoms with Crippen LogP contribution in [0.25, 0.3) is 0 Å². The SMILES string of the molecule is Cn1ccnc1CSc1ccc(Cl)cc1N. The van der Waals surface area contributed by atoms with E-state index in [0.717, 1.165) is 16.5 Å². The van der Waals surface area contributed by atoms with Gasteiger partial charge >= 0.3 is 0 Å². The van der Waals surface area contributed by atoms with Crippen molar-refractivity contribution >= 4 is 29.1 Å². The van der Waals surface area contributed by atoms with Gasteiger partial charge in [-0.2, -0.15) is 0 Å². The highest BCUT2D eigenvalue weighted by molar-refractivity contribution is 7.98. The Morgan fingerprint density at radius 1 is 1.50 bits per heavy atom. The zero-order valence-electron chi connectivity index (χ0n) is 8.85. The molecule has 84 valence electrons. The van der Waals surface area contributed by atoms with Crippen molar-refractivity contribution in [1.29, 1.82) is 0 Å². The largest absolute Gasteiger partial charge is 0.398 e. The number of nitrogen functional groups attached to an aromatic ring is 1. The number of benzene rings is 1. The lowest BCUT2D eigenvalue weighted by Crippen LogP contribution is -1.95. The van der Waals surface area contributed by atoms with E-state index in [-0.39, 0.29) is 0 Å². The van der Waals surface area contributed by atoms with E-state index in [1.54, 1.807) is 24.0 Å². The van der Waals surface area contributed by atoms with Crippen molar-refractivity contribution in [3.05, 3.63) is 41.4 Å². The first kappa shape index (κ1) is 11.4. The first-order chi connectivity index (χ1) is 7.66. The highest BCUT2D eigenvalue weighted by atomic mass is 35.5. The van der Waals surface area contributed by atoms with Gasteiger partial charge in [0.1, 0.15) is 5.82 Å². The number of thioether (sulfide) groups is 1. The van der Waals surface area contributed by atoms with Crippen molar-refractivity contribution in [3.63, 3.8) is 0 Å². The fourth-order valence-corrected chi connectivity index (χ4v) is 2.46. The number of nitrogens with zero attached hydrogens (tertiary/aromatic N) is 2. The van der Waals surface area contributed by atoms with Gasteiger partial charge in [-0.3, -0.25) is 0 Å². The molecule has 1 aromatic heterocycles. The average Bonchev–Trinajstić information content (AvgIpc) is 2.63. The van der Waals surface area contributed by atoms with Gasteiger partial charge in [0.2, 0.25) is 0 Å². The van der Waals surface area contributed by atoms with Gasteiger partial charge in [-0.15, -0.1) is 11.8 Å². The first-order valence-corrected chi connectivity index (χ1v) is 6.17. The highest BCUT2D eigenvalue weighted by Gasteiger charge is 2.04. The van der Waals surface area contributed by atoms with Crippen LogP contribution in [0.15, 0.2) is 35.5 Å². The molecule has 0 spiro atoms. The Morgan fingerprint density at radius 3 is 2.94 bits per heavy atom. The number of anilines is 1. The average molecular weight is 254 g/mol. The molecule has 0 bridgehead atoms. The van der Waals surface area contributed by atoms with Gasteiger partial charge < -0.3 is 10.3 Å². The monoisotopic (exact) mass is 253 g/mol. The summed E-state index contributed by atoms with van der Waals surface area (Å²) in [5, 5.41) is 0.666. The minimum Gasteiger partial charge on any atom is -0.398 e. The number of rotatable bonds is 3. The van der Waals surface area contributed by atoms with Crippen LogP contribution in [0.5, 0.6) is 0 Å². The van der Waals surface area contributed by atoms with Crippen molar-refractivity contribution in [2.24, 2.45) is 7.05 Å². The number of aryl methyl sites for hydroxylation is 1. The second-order valence-corrected chi connectivity index (χ2v) is 4.88. The van der Waals surface area contributed by atoms with Crippen molar-refractivity contribution in [1.82, 2.24) is 9.55 Å². The topological polar surface area (TPSA) is 43.8 Å². The van der Waals surface area contributed by atoms with E-state index in [4.69, 9.17) is 17.3 Å². The van der Waals surface area contributed by atoms with E-state index in [1.807, 2.05) is 29.9 Å². The Hall–Kier alpha value is -1.13. The molecule has 2 N–H and O–H groups in total. The summed E-state index contributed by atoms with van der Waals surface area (Å²) in [5.74, 6) is 1.83. The molecule has 2 rings (SSSR count). The standard InChI is InChI=1S/C11H12ClN3S/c1-15-5-4-14-11(15)7-16-10-3-2-8(12)6-9(10)13/h2-6H,7,13H2,1H3. The quantitative estimate of drug-likeness (QED) is 0.676. The first-order valence-electron chi connectivity index (χ1n) is 4.81. The summed E-state index contributed by atoms with van der Waals surface area (Å²) in [5.41, 5.74) is 6.58. The summed E-state index contributed by atoms with van der Waals surface area (Å²) in [6, 6.07) is 5.55. The number of imidazole rings is 1. The summed E-state index contributed by atoms with van der Waals surface area (Å²) in [4.78, 5) is 5.29. The lowest BCUT2D eigenvalue weighted by atomic mass is 10.3. The smallest absolute Gasteiger partial charge is 0.118 e. The molecule has 2 aromatic rings. The molecule has 3 nitrogen and oxygen atoms in total. The highest BCUT2D eigenvalue weighted by Crippen LogP contribution is 2.29. The van der Waals surface area contributed by atoms with Crippen LogP contribution in [-0.4, -0.2) is 9.55 Å². The summed E-state index contributed by atoms with van der Waals surface area (Å²) in [7, 11) is 1.98. The van der Waals surface area contributed by atoms with E-state index < -0.39 is 0 Å². The Kier molecular flexibility index (Phi) is 3.41. The van der Waals surface area contributed by atoms with E-state index >= 15 is 0 Å². The van der Waals surface area contributed by atoms with Crippen LogP contribution in [0.4, 0.5) is 5.69 Å². The Bertz CT molecular complexity index is 496. The van der Waals surface area contributed by atoms with Crippen molar-refractivity contribution in [3.8, 4) is 0 Å². The van der Waals surface area contributed by atoms with Crippen molar-refractivity contribution in [2.45, 2.75) is 10.6 Å². The maximum atomic E-state index is 5.87. The third-order valence-electron chi connectivity index (χ3n) is 2.25. The number of hydrogen-bond acceptors (Lipinski definition) is 3. The minimum atomic E-state index is 0.666. The predicted molar refractivity (Wildman–Crippen MR) is 68.6 cm³/mol. The molecule has 0 aliphatic rings. The summed E-state index contributed by atoms with van der Waals surface area (Å²) >= 11 is 7.50. The van der Waals surface area contributed by atoms with Crippen LogP contribution in [0.3, 0.4) is 0 Å². The fourth-order valence-electron chi connectivity index (χ4n) is 1.33. The summed E-state index contributed by atoms with van der Waals surface area (Å²) < 4.78 is 2.00. The molecule has 0 unspecified atom stereocenters. The van der Waals surface area contributed by atoms with Crippen LogP contribution in [0.1, 0.15) is 5.82 Å². The normalized spacial score (nSPS) is 10.6. The molecule has 0 amide bonds. The third kappa shape index (κ3) is 2.51. The van der Waals surface area contributed by atoms with E-state index in [9.17, 15) is 0 Å². The molecule has 1 heterocycles. The maximum Gasteiger partial charge on any atom is 0.118 e. The van der Waals surface area contributed by atoms with Gasteiger partial charge in [-0.1, -0.05) is 11.6 Å². The van der Waals surface area contributed by atoms with Gasteiger partial charge in [-0.05, 0) is 18.2 Å². The molecule has 5 heteroatoms. The van der Waals surface area contributed by atoms with Gasteiger partial charge in [0, 0.05) is 35.0 Å². The fraction of sp³-hybridized carbons (Fsp3) is 0.182. The zero-order valence-corrected chi connectivity index (χ0v) is 10.4. The van der Waals surface area contributed by atoms with Gasteiger partial charge in [0.25, 0.3) is 0 Å². The molecule has 0 aliphatic carbocycles. The van der Waals surface area contributed by atoms with Gasteiger partial charge in [0.15, 0.2) is 0 Å². The number of aromatic nitrogens is 2. The Morgan fingerprint density at radius 2 is 2.31 bits per heavy atom. The summed E-state index contributed by atoms with van der Waals surface area (Å²) in [6.07, 6.45) is 3.72. The Labute approximate surface area is 104 Å². The van der Waals surface area contributed by atoms with Crippen molar-refractivity contribution in [2.75, 3.05) is 5.73 Å².